The third-order valence-corrected chi connectivity index (χ3v) is 7.13. The average Bonchev–Trinajstić information content (AvgIpc) is 3.29. The van der Waals surface area contributed by atoms with Crippen molar-refractivity contribution in [1.82, 2.24) is 14.8 Å². The number of anilines is 3. The van der Waals surface area contributed by atoms with Crippen LogP contribution in [-0.4, -0.2) is 60.1 Å². The molecule has 9 heteroatoms. The lowest BCUT2D eigenvalue weighted by Gasteiger charge is -2.28. The predicted octanol–water partition coefficient (Wildman–Crippen LogP) is 4.49. The number of amides is 3. The zero-order valence-electron chi connectivity index (χ0n) is 22.5. The van der Waals surface area contributed by atoms with Crippen molar-refractivity contribution >= 4 is 35.2 Å². The maximum absolute atomic E-state index is 13.1. The first kappa shape index (κ1) is 26.0. The molecule has 5 rings (SSSR count). The Morgan fingerprint density at radius 2 is 1.90 bits per heavy atom. The first-order chi connectivity index (χ1) is 18.7. The van der Waals surface area contributed by atoms with Crippen molar-refractivity contribution in [2.75, 3.05) is 43.1 Å². The Bertz CT molecular complexity index is 1450. The van der Waals surface area contributed by atoms with Crippen LogP contribution in [0.3, 0.4) is 0 Å². The summed E-state index contributed by atoms with van der Waals surface area (Å²) in [5, 5.41) is 3.33. The molecule has 1 unspecified atom stereocenters. The summed E-state index contributed by atoms with van der Waals surface area (Å²) in [7, 11) is 3.49. The van der Waals surface area contributed by atoms with Crippen molar-refractivity contribution in [3.8, 4) is 0 Å². The van der Waals surface area contributed by atoms with E-state index in [1.54, 1.807) is 36.3 Å². The van der Waals surface area contributed by atoms with Crippen molar-refractivity contribution in [3.63, 3.8) is 0 Å². The van der Waals surface area contributed by atoms with E-state index in [0.29, 0.717) is 30.9 Å². The fraction of sp³-hybridized carbons (Fsp3) is 0.267. The number of nitrogens with one attached hydrogen (secondary N) is 1. The highest BCUT2D eigenvalue weighted by atomic mass is 16.2. The van der Waals surface area contributed by atoms with Gasteiger partial charge in [0.05, 0.1) is 23.8 Å². The molecule has 39 heavy (non-hydrogen) atoms. The molecule has 0 radical (unpaired) electrons. The van der Waals surface area contributed by atoms with Gasteiger partial charge in [0.15, 0.2) is 0 Å². The van der Waals surface area contributed by atoms with Crippen LogP contribution in [0.2, 0.25) is 0 Å². The standard InChI is InChI=1S/C30H33N7O2/c1-30(23-9-7-22(8-10-23)28(38)35(2)3)12-11-27(33-20-30)34-25-16-26(18-32-17-25)37-14-13-36(29(37)39)19-21-5-4-6-24(31)15-21/h4-11,15-18,20,34H,12-14,19,31H2,1-3H3. The second-order valence-electron chi connectivity index (χ2n) is 10.4. The summed E-state index contributed by atoms with van der Waals surface area (Å²) < 4.78 is 0. The number of rotatable bonds is 7. The zero-order chi connectivity index (χ0) is 27.6. The lowest BCUT2D eigenvalue weighted by molar-refractivity contribution is 0.0827. The number of hydrogen-bond donors (Lipinski definition) is 2. The number of hydrogen-bond acceptors (Lipinski definition) is 6. The molecule has 2 aromatic carbocycles. The number of urea groups is 1. The summed E-state index contributed by atoms with van der Waals surface area (Å²) in [6, 6.07) is 17.2. The second-order valence-corrected chi connectivity index (χ2v) is 10.4. The van der Waals surface area contributed by atoms with Gasteiger partial charge in [0.1, 0.15) is 5.82 Å². The lowest BCUT2D eigenvalue weighted by Crippen LogP contribution is -2.31. The van der Waals surface area contributed by atoms with E-state index in [2.05, 4.69) is 28.3 Å². The summed E-state index contributed by atoms with van der Waals surface area (Å²) >= 11 is 0. The maximum Gasteiger partial charge on any atom is 0.324 e. The monoisotopic (exact) mass is 523 g/mol. The lowest BCUT2D eigenvalue weighted by atomic mass is 9.79. The Balaban J connectivity index is 1.22. The average molecular weight is 524 g/mol. The van der Waals surface area contributed by atoms with E-state index < -0.39 is 0 Å². The molecule has 0 spiro atoms. The number of nitrogen functional groups attached to an aromatic ring is 1. The highest BCUT2D eigenvalue weighted by Gasteiger charge is 2.30. The molecule has 1 fully saturated rings. The van der Waals surface area contributed by atoms with Crippen LogP contribution >= 0.6 is 0 Å². The van der Waals surface area contributed by atoms with Crippen molar-refractivity contribution in [1.29, 1.82) is 0 Å². The van der Waals surface area contributed by atoms with E-state index in [4.69, 9.17) is 5.73 Å². The number of nitrogens with zero attached hydrogens (tertiary/aromatic N) is 5. The van der Waals surface area contributed by atoms with Gasteiger partial charge in [-0.3, -0.25) is 14.7 Å². The van der Waals surface area contributed by atoms with Gasteiger partial charge in [-0.2, -0.15) is 0 Å². The van der Waals surface area contributed by atoms with Gasteiger partial charge in [0.2, 0.25) is 0 Å². The van der Waals surface area contributed by atoms with Crippen LogP contribution in [0, 0.1) is 0 Å². The summed E-state index contributed by atoms with van der Waals surface area (Å²) in [6.45, 7) is 3.86. The third kappa shape index (κ3) is 5.62. The van der Waals surface area contributed by atoms with E-state index in [9.17, 15) is 9.59 Å². The SMILES string of the molecule is CN(C)C(=O)c1ccc(C2(C)C=NC(Nc3cncc(N4CCN(Cc5cccc(N)c5)C4=O)c3)=CC2)cc1. The van der Waals surface area contributed by atoms with Crippen LogP contribution in [0.1, 0.15) is 34.8 Å². The minimum atomic E-state index is -0.278. The molecule has 0 saturated carbocycles. The third-order valence-electron chi connectivity index (χ3n) is 7.13. The molecule has 1 atom stereocenters. The summed E-state index contributed by atoms with van der Waals surface area (Å²) in [6.07, 6.45) is 8.16. The number of pyridine rings is 1. The number of nitrogens with two attached hydrogens (primary N) is 1. The topological polar surface area (TPSA) is 107 Å². The van der Waals surface area contributed by atoms with Gasteiger partial charge in [0.25, 0.3) is 5.91 Å². The molecule has 3 amide bonds. The predicted molar refractivity (Wildman–Crippen MR) is 155 cm³/mol. The molecule has 3 heterocycles. The second kappa shape index (κ2) is 10.6. The van der Waals surface area contributed by atoms with E-state index >= 15 is 0 Å². The number of aromatic nitrogens is 1. The van der Waals surface area contributed by atoms with Crippen LogP contribution < -0.4 is 16.0 Å². The van der Waals surface area contributed by atoms with Crippen molar-refractivity contribution in [2.45, 2.75) is 25.3 Å². The van der Waals surface area contributed by atoms with Gasteiger partial charge in [-0.25, -0.2) is 9.79 Å². The number of carbonyl (C=O) groups is 2. The van der Waals surface area contributed by atoms with E-state index in [1.165, 1.54) is 0 Å². The summed E-state index contributed by atoms with van der Waals surface area (Å²) in [4.78, 5) is 39.5. The first-order valence-electron chi connectivity index (χ1n) is 12.9. The normalized spacial score (nSPS) is 18.7. The van der Waals surface area contributed by atoms with Gasteiger partial charge in [-0.15, -0.1) is 0 Å². The zero-order valence-corrected chi connectivity index (χ0v) is 22.5. The van der Waals surface area contributed by atoms with Gasteiger partial charge in [0, 0.05) is 56.6 Å². The first-order valence-corrected chi connectivity index (χ1v) is 12.9. The van der Waals surface area contributed by atoms with E-state index in [-0.39, 0.29) is 17.4 Å². The number of allylic oxidation sites excluding steroid dienone is 1. The fourth-order valence-electron chi connectivity index (χ4n) is 4.83. The minimum absolute atomic E-state index is 0.0176. The van der Waals surface area contributed by atoms with Crippen molar-refractivity contribution in [3.05, 3.63) is 95.6 Å². The molecule has 200 valence electrons. The number of benzene rings is 2. The Morgan fingerprint density at radius 1 is 1.10 bits per heavy atom. The largest absolute Gasteiger partial charge is 0.399 e. The Kier molecular flexibility index (Phi) is 7.06. The van der Waals surface area contributed by atoms with Gasteiger partial charge in [-0.05, 0) is 54.0 Å². The van der Waals surface area contributed by atoms with Crippen LogP contribution in [0.25, 0.3) is 0 Å². The molecule has 3 aromatic rings. The number of aliphatic imine (C=N–C) groups is 1. The molecule has 0 bridgehead atoms. The minimum Gasteiger partial charge on any atom is -0.399 e. The molecule has 2 aliphatic heterocycles. The van der Waals surface area contributed by atoms with Crippen LogP contribution in [0.5, 0.6) is 0 Å². The van der Waals surface area contributed by atoms with Crippen molar-refractivity contribution in [2.24, 2.45) is 4.99 Å². The van der Waals surface area contributed by atoms with Gasteiger partial charge in [-0.1, -0.05) is 31.2 Å². The molecule has 2 aliphatic rings. The summed E-state index contributed by atoms with van der Waals surface area (Å²) in [5.74, 6) is 0.706. The van der Waals surface area contributed by atoms with E-state index in [0.717, 1.165) is 34.7 Å². The van der Waals surface area contributed by atoms with Crippen LogP contribution in [0.15, 0.2) is 83.9 Å². The quantitative estimate of drug-likeness (QED) is 0.444. The highest BCUT2D eigenvalue weighted by Crippen LogP contribution is 2.31. The highest BCUT2D eigenvalue weighted by molar-refractivity contribution is 5.95. The Hall–Kier alpha value is -4.66. The van der Waals surface area contributed by atoms with Crippen LogP contribution in [-0.2, 0) is 12.0 Å². The van der Waals surface area contributed by atoms with Gasteiger partial charge < -0.3 is 20.9 Å². The van der Waals surface area contributed by atoms with Crippen LogP contribution in [0.4, 0.5) is 21.9 Å². The Morgan fingerprint density at radius 3 is 2.59 bits per heavy atom. The molecular formula is C30H33N7O2. The molecular weight excluding hydrogens is 490 g/mol. The number of carbonyl (C=O) groups excluding carboxylic acids is 2. The summed E-state index contributed by atoms with van der Waals surface area (Å²) in [5.41, 5.74) is 10.6. The molecule has 1 saturated heterocycles. The maximum atomic E-state index is 13.1. The molecule has 0 aliphatic carbocycles. The van der Waals surface area contributed by atoms with Gasteiger partial charge >= 0.3 is 6.03 Å². The Labute approximate surface area is 228 Å². The molecule has 3 N–H and O–H groups in total. The molecule has 1 aromatic heterocycles. The smallest absolute Gasteiger partial charge is 0.324 e. The van der Waals surface area contributed by atoms with E-state index in [1.807, 2.05) is 65.7 Å². The fourth-order valence-corrected chi connectivity index (χ4v) is 4.83. The molecule has 9 nitrogen and oxygen atoms in total. The van der Waals surface area contributed by atoms with Crippen molar-refractivity contribution < 1.29 is 9.59 Å².